The number of carbonyl (C=O) groups is 1. The van der Waals surface area contributed by atoms with E-state index in [2.05, 4.69) is 15.6 Å². The Bertz CT molecular complexity index is 893. The molecule has 1 heterocycles. The summed E-state index contributed by atoms with van der Waals surface area (Å²) in [6.07, 6.45) is 1.37. The Morgan fingerprint density at radius 3 is 2.27 bits per heavy atom. The van der Waals surface area contributed by atoms with Crippen molar-refractivity contribution in [3.63, 3.8) is 0 Å². The summed E-state index contributed by atoms with van der Waals surface area (Å²) in [5, 5.41) is 5.27. The van der Waals surface area contributed by atoms with Crippen molar-refractivity contribution in [2.24, 2.45) is 0 Å². The fraction of sp³-hybridized carbons (Fsp3) is 0.0526. The molecule has 0 unspecified atom stereocenters. The van der Waals surface area contributed by atoms with Gasteiger partial charge in [-0.2, -0.15) is 0 Å². The quantitative estimate of drug-likeness (QED) is 0.714. The molecule has 1 aromatic heterocycles. The standard InChI is InChI=1S/C19H15F2N3O2/c1-26-14-8-5-12(6-9-14)19(25)24-17-10-7-13(11-22-17)23-18-15(20)3-2-4-16(18)21/h2-11,23H,1H3,(H,22,24,25). The number of rotatable bonds is 5. The SMILES string of the molecule is COc1ccc(C(=O)Nc2ccc(Nc3c(F)cccc3F)cn2)cc1. The number of pyridine rings is 1. The zero-order chi connectivity index (χ0) is 18.5. The maximum absolute atomic E-state index is 13.6. The number of amides is 1. The predicted molar refractivity (Wildman–Crippen MR) is 94.8 cm³/mol. The monoisotopic (exact) mass is 355 g/mol. The number of para-hydroxylation sites is 1. The molecule has 0 saturated heterocycles. The predicted octanol–water partition coefficient (Wildman–Crippen LogP) is 4.36. The summed E-state index contributed by atoms with van der Waals surface area (Å²) >= 11 is 0. The van der Waals surface area contributed by atoms with Crippen molar-refractivity contribution in [3.05, 3.63) is 78.0 Å². The molecule has 0 aliphatic rings. The third-order valence-corrected chi connectivity index (χ3v) is 3.59. The smallest absolute Gasteiger partial charge is 0.256 e. The third-order valence-electron chi connectivity index (χ3n) is 3.59. The fourth-order valence-electron chi connectivity index (χ4n) is 2.23. The van der Waals surface area contributed by atoms with Gasteiger partial charge in [-0.25, -0.2) is 13.8 Å². The molecule has 0 saturated carbocycles. The van der Waals surface area contributed by atoms with Crippen LogP contribution >= 0.6 is 0 Å². The highest BCUT2D eigenvalue weighted by molar-refractivity contribution is 6.03. The summed E-state index contributed by atoms with van der Waals surface area (Å²) in [5.41, 5.74) is 0.573. The van der Waals surface area contributed by atoms with E-state index < -0.39 is 11.6 Å². The van der Waals surface area contributed by atoms with E-state index >= 15 is 0 Å². The molecule has 132 valence electrons. The first kappa shape index (κ1) is 17.3. The molecule has 1 amide bonds. The van der Waals surface area contributed by atoms with Gasteiger partial charge in [0.2, 0.25) is 0 Å². The largest absolute Gasteiger partial charge is 0.497 e. The lowest BCUT2D eigenvalue weighted by Gasteiger charge is -2.09. The summed E-state index contributed by atoms with van der Waals surface area (Å²) in [5.74, 6) is -0.786. The zero-order valence-electron chi connectivity index (χ0n) is 13.8. The summed E-state index contributed by atoms with van der Waals surface area (Å²) in [7, 11) is 1.54. The van der Waals surface area contributed by atoms with E-state index in [0.717, 1.165) is 12.1 Å². The second kappa shape index (κ2) is 7.60. The Morgan fingerprint density at radius 2 is 1.69 bits per heavy atom. The first-order valence-electron chi connectivity index (χ1n) is 7.69. The number of ether oxygens (including phenoxy) is 1. The summed E-state index contributed by atoms with van der Waals surface area (Å²) in [4.78, 5) is 16.2. The Labute approximate surface area is 148 Å². The molecule has 0 bridgehead atoms. The van der Waals surface area contributed by atoms with E-state index in [1.54, 1.807) is 37.4 Å². The number of aromatic nitrogens is 1. The molecule has 2 N–H and O–H groups in total. The van der Waals surface area contributed by atoms with Crippen molar-refractivity contribution < 1.29 is 18.3 Å². The average molecular weight is 355 g/mol. The van der Waals surface area contributed by atoms with Crippen LogP contribution in [0.15, 0.2) is 60.8 Å². The van der Waals surface area contributed by atoms with Crippen molar-refractivity contribution in [3.8, 4) is 5.75 Å². The summed E-state index contributed by atoms with van der Waals surface area (Å²) < 4.78 is 32.3. The van der Waals surface area contributed by atoms with Gasteiger partial charge in [0.1, 0.15) is 28.9 Å². The zero-order valence-corrected chi connectivity index (χ0v) is 13.8. The van der Waals surface area contributed by atoms with E-state index in [4.69, 9.17) is 4.74 Å². The van der Waals surface area contributed by atoms with E-state index in [-0.39, 0.29) is 11.6 Å². The maximum Gasteiger partial charge on any atom is 0.256 e. The molecule has 0 atom stereocenters. The van der Waals surface area contributed by atoms with Crippen LogP contribution < -0.4 is 15.4 Å². The number of halogens is 2. The fourth-order valence-corrected chi connectivity index (χ4v) is 2.23. The number of nitrogens with zero attached hydrogens (tertiary/aromatic N) is 1. The lowest BCUT2D eigenvalue weighted by molar-refractivity contribution is 0.102. The molecule has 26 heavy (non-hydrogen) atoms. The molecule has 3 rings (SSSR count). The van der Waals surface area contributed by atoms with Crippen LogP contribution in [0.1, 0.15) is 10.4 Å². The summed E-state index contributed by atoms with van der Waals surface area (Å²) in [6.45, 7) is 0. The maximum atomic E-state index is 13.6. The van der Waals surface area contributed by atoms with Crippen LogP contribution in [-0.4, -0.2) is 18.0 Å². The minimum absolute atomic E-state index is 0.260. The van der Waals surface area contributed by atoms with E-state index in [1.807, 2.05) is 0 Å². The topological polar surface area (TPSA) is 63.2 Å². The summed E-state index contributed by atoms with van der Waals surface area (Å²) in [6, 6.07) is 13.3. The normalized spacial score (nSPS) is 10.3. The van der Waals surface area contributed by atoms with Crippen LogP contribution in [0.25, 0.3) is 0 Å². The van der Waals surface area contributed by atoms with Crippen LogP contribution in [0.2, 0.25) is 0 Å². The van der Waals surface area contributed by atoms with Gasteiger partial charge in [-0.15, -0.1) is 0 Å². The van der Waals surface area contributed by atoms with Gasteiger partial charge < -0.3 is 15.4 Å². The van der Waals surface area contributed by atoms with Gasteiger partial charge in [-0.3, -0.25) is 4.79 Å². The van der Waals surface area contributed by atoms with Crippen LogP contribution in [0.5, 0.6) is 5.75 Å². The van der Waals surface area contributed by atoms with Crippen LogP contribution in [0.3, 0.4) is 0 Å². The first-order chi connectivity index (χ1) is 12.6. The number of carbonyl (C=O) groups excluding carboxylic acids is 1. The van der Waals surface area contributed by atoms with Gasteiger partial charge in [0.25, 0.3) is 5.91 Å². The number of anilines is 3. The molecule has 3 aromatic rings. The van der Waals surface area contributed by atoms with Crippen molar-refractivity contribution in [1.82, 2.24) is 4.98 Å². The first-order valence-corrected chi connectivity index (χ1v) is 7.69. The van der Waals surface area contributed by atoms with Crippen LogP contribution in [0.4, 0.5) is 26.0 Å². The van der Waals surface area contributed by atoms with Crippen molar-refractivity contribution in [2.75, 3.05) is 17.7 Å². The molecule has 7 heteroatoms. The van der Waals surface area contributed by atoms with Gasteiger partial charge in [-0.1, -0.05) is 6.07 Å². The minimum atomic E-state index is -0.707. The molecule has 0 spiro atoms. The molecule has 5 nitrogen and oxygen atoms in total. The van der Waals surface area contributed by atoms with Crippen molar-refractivity contribution in [2.45, 2.75) is 0 Å². The number of nitrogens with one attached hydrogen (secondary N) is 2. The highest BCUT2D eigenvalue weighted by atomic mass is 19.1. The van der Waals surface area contributed by atoms with Gasteiger partial charge in [0.15, 0.2) is 0 Å². The second-order valence-electron chi connectivity index (χ2n) is 5.34. The van der Waals surface area contributed by atoms with E-state index in [1.165, 1.54) is 18.3 Å². The number of benzene rings is 2. The third kappa shape index (κ3) is 3.94. The molecule has 0 fully saturated rings. The van der Waals surface area contributed by atoms with Crippen LogP contribution in [-0.2, 0) is 0 Å². The van der Waals surface area contributed by atoms with E-state index in [9.17, 15) is 13.6 Å². The lowest BCUT2D eigenvalue weighted by atomic mass is 10.2. The Hall–Kier alpha value is -3.48. The molecule has 0 aliphatic heterocycles. The second-order valence-corrected chi connectivity index (χ2v) is 5.34. The van der Waals surface area contributed by atoms with Crippen LogP contribution in [0, 0.1) is 11.6 Å². The number of methoxy groups -OCH3 is 1. The lowest BCUT2D eigenvalue weighted by Crippen LogP contribution is -2.12. The van der Waals surface area contributed by atoms with Crippen molar-refractivity contribution in [1.29, 1.82) is 0 Å². The van der Waals surface area contributed by atoms with Crippen molar-refractivity contribution >= 4 is 23.1 Å². The van der Waals surface area contributed by atoms with Gasteiger partial charge >= 0.3 is 0 Å². The van der Waals surface area contributed by atoms with Gasteiger partial charge in [-0.05, 0) is 48.5 Å². The number of hydrogen-bond donors (Lipinski definition) is 2. The minimum Gasteiger partial charge on any atom is -0.497 e. The molecule has 2 aromatic carbocycles. The highest BCUT2D eigenvalue weighted by Gasteiger charge is 2.10. The van der Waals surface area contributed by atoms with E-state index in [0.29, 0.717) is 22.8 Å². The van der Waals surface area contributed by atoms with Gasteiger partial charge in [0, 0.05) is 5.56 Å². The Kier molecular flexibility index (Phi) is 5.07. The average Bonchev–Trinajstić information content (AvgIpc) is 2.66. The highest BCUT2D eigenvalue weighted by Crippen LogP contribution is 2.23. The Morgan fingerprint density at radius 1 is 1.00 bits per heavy atom. The molecule has 0 radical (unpaired) electrons. The molecule has 0 aliphatic carbocycles. The number of hydrogen-bond acceptors (Lipinski definition) is 4. The molecular weight excluding hydrogens is 340 g/mol. The Balaban J connectivity index is 1.68. The molecular formula is C19H15F2N3O2. The van der Waals surface area contributed by atoms with Gasteiger partial charge in [0.05, 0.1) is 19.0 Å².